The summed E-state index contributed by atoms with van der Waals surface area (Å²) in [4.78, 5) is 11.9. The quantitative estimate of drug-likeness (QED) is 0.441. The lowest BCUT2D eigenvalue weighted by molar-refractivity contribution is -0.121. The van der Waals surface area contributed by atoms with E-state index in [1.165, 1.54) is 6.21 Å². The van der Waals surface area contributed by atoms with E-state index in [9.17, 15) is 9.90 Å². The number of hydrogen-bond acceptors (Lipinski definition) is 4. The minimum Gasteiger partial charge on any atom is -0.507 e. The van der Waals surface area contributed by atoms with E-state index in [1.807, 2.05) is 36.4 Å². The molecule has 5 nitrogen and oxygen atoms in total. The number of phenols is 1. The zero-order valence-electron chi connectivity index (χ0n) is 14.2. The molecule has 0 atom stereocenters. The molecule has 25 heavy (non-hydrogen) atoms. The average Bonchev–Trinajstić information content (AvgIpc) is 2.63. The van der Waals surface area contributed by atoms with E-state index in [4.69, 9.17) is 4.74 Å². The third-order valence-corrected chi connectivity index (χ3v) is 3.71. The van der Waals surface area contributed by atoms with E-state index in [-0.39, 0.29) is 11.7 Å². The number of nitrogens with one attached hydrogen (secondary N) is 1. The summed E-state index contributed by atoms with van der Waals surface area (Å²) in [5.74, 6) is 0.753. The second kappa shape index (κ2) is 9.27. The lowest BCUT2D eigenvalue weighted by atomic mass is 10.1. The Morgan fingerprint density at radius 2 is 2.04 bits per heavy atom. The molecule has 1 amide bonds. The van der Waals surface area contributed by atoms with Gasteiger partial charge in [0.2, 0.25) is 5.91 Å². The van der Waals surface area contributed by atoms with Crippen LogP contribution < -0.4 is 10.2 Å². The highest BCUT2D eigenvalue weighted by Gasteiger charge is 2.04. The van der Waals surface area contributed by atoms with Gasteiger partial charge < -0.3 is 9.84 Å². The van der Waals surface area contributed by atoms with E-state index in [1.54, 1.807) is 19.3 Å². The van der Waals surface area contributed by atoms with Crippen molar-refractivity contribution in [1.29, 1.82) is 0 Å². The number of carbonyl (C=O) groups is 1. The summed E-state index contributed by atoms with van der Waals surface area (Å²) in [7, 11) is 1.62. The van der Waals surface area contributed by atoms with Gasteiger partial charge in [-0.2, -0.15) is 5.10 Å². The van der Waals surface area contributed by atoms with Crippen molar-refractivity contribution in [3.63, 3.8) is 0 Å². The molecule has 0 aromatic heterocycles. The normalized spacial score (nSPS) is 10.6. The van der Waals surface area contributed by atoms with Crippen LogP contribution in [0.2, 0.25) is 0 Å². The Labute approximate surface area is 147 Å². The number of hydrogen-bond donors (Lipinski definition) is 2. The van der Waals surface area contributed by atoms with Crippen LogP contribution in [-0.2, 0) is 17.6 Å². The van der Waals surface area contributed by atoms with Gasteiger partial charge in [-0.15, -0.1) is 6.58 Å². The topological polar surface area (TPSA) is 70.9 Å². The molecule has 0 radical (unpaired) electrons. The van der Waals surface area contributed by atoms with Crippen LogP contribution >= 0.6 is 0 Å². The van der Waals surface area contributed by atoms with Crippen molar-refractivity contribution in [2.24, 2.45) is 5.10 Å². The molecule has 2 N–H and O–H groups in total. The average molecular weight is 338 g/mol. The number of aryl methyl sites for hydroxylation is 1. The van der Waals surface area contributed by atoms with E-state index in [0.29, 0.717) is 24.8 Å². The lowest BCUT2D eigenvalue weighted by Gasteiger charge is -2.05. The van der Waals surface area contributed by atoms with Crippen molar-refractivity contribution < 1.29 is 14.6 Å². The molecule has 0 aliphatic rings. The van der Waals surface area contributed by atoms with Gasteiger partial charge in [0.15, 0.2) is 0 Å². The highest BCUT2D eigenvalue weighted by molar-refractivity contribution is 5.85. The smallest absolute Gasteiger partial charge is 0.240 e. The Morgan fingerprint density at radius 3 is 2.72 bits per heavy atom. The molecule has 0 aliphatic heterocycles. The first kappa shape index (κ1) is 18.3. The molecule has 0 unspecified atom stereocenters. The van der Waals surface area contributed by atoms with Gasteiger partial charge in [-0.25, -0.2) is 5.43 Å². The number of methoxy groups -OCH3 is 1. The van der Waals surface area contributed by atoms with Crippen molar-refractivity contribution in [2.75, 3.05) is 7.11 Å². The number of para-hydroxylation sites is 1. The summed E-state index contributed by atoms with van der Waals surface area (Å²) in [5, 5.41) is 14.0. The molecular weight excluding hydrogens is 316 g/mol. The van der Waals surface area contributed by atoms with Gasteiger partial charge in [-0.3, -0.25) is 4.79 Å². The van der Waals surface area contributed by atoms with Crippen LogP contribution in [0.3, 0.4) is 0 Å². The number of carbonyl (C=O) groups excluding carboxylic acids is 1. The van der Waals surface area contributed by atoms with Gasteiger partial charge in [0, 0.05) is 12.0 Å². The van der Waals surface area contributed by atoms with Crippen LogP contribution in [-0.4, -0.2) is 24.3 Å². The van der Waals surface area contributed by atoms with Crippen molar-refractivity contribution in [1.82, 2.24) is 5.43 Å². The summed E-state index contributed by atoms with van der Waals surface area (Å²) < 4.78 is 5.10. The third kappa shape index (κ3) is 5.49. The fourth-order valence-electron chi connectivity index (χ4n) is 2.32. The molecular formula is C20H22N2O3. The zero-order chi connectivity index (χ0) is 18.1. The predicted octanol–water partition coefficient (Wildman–Crippen LogP) is 3.21. The number of nitrogens with zero attached hydrogens (tertiary/aromatic N) is 1. The SMILES string of the molecule is C=CCc1cccc(C=NNC(=O)CCc2ccc(OC)cc2)c1O. The van der Waals surface area contributed by atoms with Crippen LogP contribution in [0.25, 0.3) is 0 Å². The molecule has 2 rings (SSSR count). The molecule has 2 aromatic rings. The predicted molar refractivity (Wildman–Crippen MR) is 99.1 cm³/mol. The Morgan fingerprint density at radius 1 is 1.28 bits per heavy atom. The Balaban J connectivity index is 1.85. The van der Waals surface area contributed by atoms with Crippen LogP contribution in [0, 0.1) is 0 Å². The Hall–Kier alpha value is -3.08. The maximum atomic E-state index is 11.9. The molecule has 0 saturated carbocycles. The van der Waals surface area contributed by atoms with E-state index >= 15 is 0 Å². The van der Waals surface area contributed by atoms with Crippen LogP contribution in [0.15, 0.2) is 60.2 Å². The van der Waals surface area contributed by atoms with Gasteiger partial charge in [0.25, 0.3) is 0 Å². The molecule has 0 saturated heterocycles. The molecule has 130 valence electrons. The zero-order valence-corrected chi connectivity index (χ0v) is 14.2. The maximum absolute atomic E-state index is 11.9. The number of rotatable bonds is 8. The van der Waals surface area contributed by atoms with Crippen molar-refractivity contribution in [2.45, 2.75) is 19.3 Å². The van der Waals surface area contributed by atoms with Crippen molar-refractivity contribution >= 4 is 12.1 Å². The second-order valence-corrected chi connectivity index (χ2v) is 5.49. The van der Waals surface area contributed by atoms with Gasteiger partial charge in [0.05, 0.1) is 13.3 Å². The summed E-state index contributed by atoms with van der Waals surface area (Å²) >= 11 is 0. The number of hydrazone groups is 1. The van der Waals surface area contributed by atoms with Gasteiger partial charge in [-0.05, 0) is 42.2 Å². The third-order valence-electron chi connectivity index (χ3n) is 3.71. The number of ether oxygens (including phenoxy) is 1. The maximum Gasteiger partial charge on any atom is 0.240 e. The van der Waals surface area contributed by atoms with Crippen molar-refractivity contribution in [3.05, 3.63) is 71.8 Å². The van der Waals surface area contributed by atoms with Crippen LogP contribution in [0.4, 0.5) is 0 Å². The fraction of sp³-hybridized carbons (Fsp3) is 0.200. The molecule has 0 fully saturated rings. The second-order valence-electron chi connectivity index (χ2n) is 5.49. The van der Waals surface area contributed by atoms with E-state index < -0.39 is 0 Å². The minimum atomic E-state index is -0.186. The fourth-order valence-corrected chi connectivity index (χ4v) is 2.32. The first-order chi connectivity index (χ1) is 12.1. The molecule has 0 heterocycles. The monoisotopic (exact) mass is 338 g/mol. The number of aromatic hydroxyl groups is 1. The molecule has 0 aliphatic carbocycles. The molecule has 2 aromatic carbocycles. The minimum absolute atomic E-state index is 0.152. The van der Waals surface area contributed by atoms with Crippen LogP contribution in [0.1, 0.15) is 23.1 Å². The Kier molecular flexibility index (Phi) is 6.77. The number of phenolic OH excluding ortho intramolecular Hbond substituents is 1. The van der Waals surface area contributed by atoms with E-state index in [2.05, 4.69) is 17.1 Å². The summed E-state index contributed by atoms with van der Waals surface area (Å²) in [6, 6.07) is 13.0. The molecule has 5 heteroatoms. The van der Waals surface area contributed by atoms with E-state index in [0.717, 1.165) is 16.9 Å². The Bertz CT molecular complexity index is 752. The first-order valence-electron chi connectivity index (χ1n) is 8.00. The summed E-state index contributed by atoms with van der Waals surface area (Å²) in [5.41, 5.74) is 4.85. The summed E-state index contributed by atoms with van der Waals surface area (Å²) in [6.07, 6.45) is 4.67. The number of amides is 1. The summed E-state index contributed by atoms with van der Waals surface area (Å²) in [6.45, 7) is 3.66. The van der Waals surface area contributed by atoms with Gasteiger partial charge >= 0.3 is 0 Å². The lowest BCUT2D eigenvalue weighted by Crippen LogP contribution is -2.17. The largest absolute Gasteiger partial charge is 0.507 e. The first-order valence-corrected chi connectivity index (χ1v) is 8.00. The highest BCUT2D eigenvalue weighted by atomic mass is 16.5. The molecule has 0 bridgehead atoms. The van der Waals surface area contributed by atoms with Gasteiger partial charge in [0.1, 0.15) is 11.5 Å². The molecule has 0 spiro atoms. The number of benzene rings is 2. The standard InChI is InChI=1S/C20H22N2O3/c1-3-5-16-6-4-7-17(20(16)24)14-21-22-19(23)13-10-15-8-11-18(25-2)12-9-15/h3-4,6-9,11-12,14,24H,1,5,10,13H2,2H3,(H,22,23). The number of allylic oxidation sites excluding steroid dienone is 1. The van der Waals surface area contributed by atoms with Crippen LogP contribution in [0.5, 0.6) is 11.5 Å². The van der Waals surface area contributed by atoms with Crippen molar-refractivity contribution in [3.8, 4) is 11.5 Å². The highest BCUT2D eigenvalue weighted by Crippen LogP contribution is 2.21. The van der Waals surface area contributed by atoms with Gasteiger partial charge in [-0.1, -0.05) is 30.3 Å².